The maximum atomic E-state index is 8.57. The van der Waals surface area contributed by atoms with Crippen molar-refractivity contribution in [3.8, 4) is 5.75 Å². The third kappa shape index (κ3) is 2.18. The molecule has 1 fully saturated rings. The summed E-state index contributed by atoms with van der Waals surface area (Å²) in [4.78, 5) is 4.09. The van der Waals surface area contributed by atoms with Crippen LogP contribution >= 0.6 is 0 Å². The van der Waals surface area contributed by atoms with E-state index in [2.05, 4.69) is 4.98 Å². The van der Waals surface area contributed by atoms with Crippen LogP contribution in [0.3, 0.4) is 0 Å². The highest BCUT2D eigenvalue weighted by Crippen LogP contribution is 2.40. The Morgan fingerprint density at radius 3 is 3.00 bits per heavy atom. The number of hydrogen-bond acceptors (Lipinski definition) is 3. The Morgan fingerprint density at radius 2 is 2.31 bits per heavy atom. The van der Waals surface area contributed by atoms with Crippen molar-refractivity contribution in [3.05, 3.63) is 24.0 Å². The molecule has 0 saturated heterocycles. The van der Waals surface area contributed by atoms with E-state index in [9.17, 15) is 0 Å². The summed E-state index contributed by atoms with van der Waals surface area (Å²) < 4.78 is 5.26. The molecule has 70 valence electrons. The van der Waals surface area contributed by atoms with E-state index in [4.69, 9.17) is 9.84 Å². The van der Waals surface area contributed by atoms with Crippen LogP contribution in [-0.4, -0.2) is 23.3 Å². The van der Waals surface area contributed by atoms with Gasteiger partial charge in [-0.25, -0.2) is 0 Å². The van der Waals surface area contributed by atoms with Crippen LogP contribution in [0.4, 0.5) is 0 Å². The normalized spacial score (nSPS) is 15.8. The highest BCUT2D eigenvalue weighted by molar-refractivity contribution is 5.28. The summed E-state index contributed by atoms with van der Waals surface area (Å²) in [6.45, 7) is 0.392. The lowest BCUT2D eigenvalue weighted by atomic mass is 10.2. The highest BCUT2D eigenvalue weighted by atomic mass is 16.5. The number of pyridine rings is 1. The van der Waals surface area contributed by atoms with Crippen LogP contribution in [0, 0.1) is 0 Å². The smallest absolute Gasteiger partial charge is 0.137 e. The number of aliphatic hydroxyl groups excluding tert-OH is 1. The van der Waals surface area contributed by atoms with E-state index >= 15 is 0 Å². The van der Waals surface area contributed by atoms with E-state index in [0.717, 1.165) is 5.75 Å². The molecule has 1 heterocycles. The van der Waals surface area contributed by atoms with Crippen molar-refractivity contribution in [2.75, 3.05) is 13.2 Å². The number of aromatic nitrogens is 1. The number of hydrogen-bond donors (Lipinski definition) is 1. The van der Waals surface area contributed by atoms with Gasteiger partial charge in [-0.15, -0.1) is 0 Å². The monoisotopic (exact) mass is 179 g/mol. The Balaban J connectivity index is 2.03. The Labute approximate surface area is 77.4 Å². The molecular formula is C10H13NO2. The van der Waals surface area contributed by atoms with Crippen molar-refractivity contribution in [2.45, 2.75) is 18.8 Å². The number of aliphatic hydroxyl groups is 1. The molecule has 0 aromatic carbocycles. The number of ether oxygens (including phenoxy) is 1. The van der Waals surface area contributed by atoms with Crippen molar-refractivity contribution < 1.29 is 9.84 Å². The molecule has 3 nitrogen and oxygen atoms in total. The van der Waals surface area contributed by atoms with Gasteiger partial charge in [0.05, 0.1) is 12.8 Å². The second-order valence-corrected chi connectivity index (χ2v) is 3.30. The van der Waals surface area contributed by atoms with E-state index in [-0.39, 0.29) is 6.61 Å². The molecule has 0 atom stereocenters. The Kier molecular flexibility index (Phi) is 2.45. The molecular weight excluding hydrogens is 166 g/mol. The average molecular weight is 179 g/mol. The van der Waals surface area contributed by atoms with E-state index in [0.29, 0.717) is 12.5 Å². The molecule has 1 aromatic rings. The second kappa shape index (κ2) is 3.75. The minimum Gasteiger partial charge on any atom is -0.490 e. The first-order chi connectivity index (χ1) is 6.40. The van der Waals surface area contributed by atoms with Gasteiger partial charge in [-0.1, -0.05) is 0 Å². The van der Waals surface area contributed by atoms with Crippen molar-refractivity contribution >= 4 is 0 Å². The summed E-state index contributed by atoms with van der Waals surface area (Å²) >= 11 is 0. The maximum Gasteiger partial charge on any atom is 0.137 e. The van der Waals surface area contributed by atoms with E-state index in [1.165, 1.54) is 18.4 Å². The van der Waals surface area contributed by atoms with Crippen molar-refractivity contribution in [1.29, 1.82) is 0 Å². The third-order valence-electron chi connectivity index (χ3n) is 2.14. The Hall–Kier alpha value is -1.09. The van der Waals surface area contributed by atoms with E-state index in [1.54, 1.807) is 6.20 Å². The molecule has 0 amide bonds. The molecule has 13 heavy (non-hydrogen) atoms. The molecule has 0 radical (unpaired) electrons. The lowest BCUT2D eigenvalue weighted by Gasteiger charge is -2.04. The summed E-state index contributed by atoms with van der Waals surface area (Å²) in [5.74, 6) is 1.46. The minimum atomic E-state index is 0.0493. The molecule has 1 aliphatic carbocycles. The topological polar surface area (TPSA) is 42.4 Å². The molecule has 1 saturated carbocycles. The second-order valence-electron chi connectivity index (χ2n) is 3.30. The van der Waals surface area contributed by atoms with Gasteiger partial charge in [0.1, 0.15) is 12.4 Å². The molecule has 3 heteroatoms. The van der Waals surface area contributed by atoms with Crippen LogP contribution in [-0.2, 0) is 0 Å². The van der Waals surface area contributed by atoms with Crippen LogP contribution in [0.1, 0.15) is 24.3 Å². The van der Waals surface area contributed by atoms with E-state index < -0.39 is 0 Å². The summed E-state index contributed by atoms with van der Waals surface area (Å²) in [6, 6.07) is 2.01. The quantitative estimate of drug-likeness (QED) is 0.758. The van der Waals surface area contributed by atoms with Crippen LogP contribution in [0.25, 0.3) is 0 Å². The molecule has 0 bridgehead atoms. The van der Waals surface area contributed by atoms with Crippen molar-refractivity contribution in [1.82, 2.24) is 4.98 Å². The number of rotatable bonds is 4. The van der Waals surface area contributed by atoms with Crippen LogP contribution in [0.5, 0.6) is 5.75 Å². The van der Waals surface area contributed by atoms with E-state index in [1.807, 2.05) is 12.3 Å². The fraction of sp³-hybridized carbons (Fsp3) is 0.500. The largest absolute Gasteiger partial charge is 0.490 e. The van der Waals surface area contributed by atoms with Crippen LogP contribution in [0.15, 0.2) is 18.5 Å². The number of nitrogens with zero attached hydrogens (tertiary/aromatic N) is 1. The molecule has 1 N–H and O–H groups in total. The molecule has 0 aliphatic heterocycles. The summed E-state index contributed by atoms with van der Waals surface area (Å²) in [5, 5.41) is 8.57. The van der Waals surface area contributed by atoms with Gasteiger partial charge in [0.25, 0.3) is 0 Å². The lowest BCUT2D eigenvalue weighted by molar-refractivity contribution is 0.201. The zero-order valence-electron chi connectivity index (χ0n) is 7.44. The molecule has 0 spiro atoms. The summed E-state index contributed by atoms with van der Waals surface area (Å²) in [5.41, 5.74) is 1.26. The van der Waals surface area contributed by atoms with Gasteiger partial charge in [-0.05, 0) is 30.4 Å². The molecule has 1 aliphatic rings. The van der Waals surface area contributed by atoms with Gasteiger partial charge in [-0.2, -0.15) is 0 Å². The molecule has 2 rings (SSSR count). The predicted octanol–water partition coefficient (Wildman–Crippen LogP) is 1.33. The van der Waals surface area contributed by atoms with Crippen LogP contribution in [0.2, 0.25) is 0 Å². The van der Waals surface area contributed by atoms with Gasteiger partial charge in [-0.3, -0.25) is 4.98 Å². The fourth-order valence-corrected chi connectivity index (χ4v) is 1.32. The van der Waals surface area contributed by atoms with Gasteiger partial charge < -0.3 is 9.84 Å². The highest BCUT2D eigenvalue weighted by Gasteiger charge is 2.23. The average Bonchev–Trinajstić information content (AvgIpc) is 2.98. The SMILES string of the molecule is OCCOc1cncc(C2CC2)c1. The summed E-state index contributed by atoms with van der Waals surface area (Å²) in [7, 11) is 0. The van der Waals surface area contributed by atoms with Gasteiger partial charge in [0.2, 0.25) is 0 Å². The Morgan fingerprint density at radius 1 is 1.46 bits per heavy atom. The van der Waals surface area contributed by atoms with Gasteiger partial charge in [0.15, 0.2) is 0 Å². The van der Waals surface area contributed by atoms with Gasteiger partial charge >= 0.3 is 0 Å². The first-order valence-electron chi connectivity index (χ1n) is 4.59. The maximum absolute atomic E-state index is 8.57. The third-order valence-corrected chi connectivity index (χ3v) is 2.14. The van der Waals surface area contributed by atoms with Gasteiger partial charge in [0, 0.05) is 6.20 Å². The lowest BCUT2D eigenvalue weighted by Crippen LogP contribution is -2.02. The predicted molar refractivity (Wildman–Crippen MR) is 48.8 cm³/mol. The molecule has 0 unspecified atom stereocenters. The summed E-state index contributed by atoms with van der Waals surface area (Å²) in [6.07, 6.45) is 6.11. The first-order valence-corrected chi connectivity index (χ1v) is 4.59. The Bertz CT molecular complexity index is 284. The fourth-order valence-electron chi connectivity index (χ4n) is 1.32. The molecule has 1 aromatic heterocycles. The van der Waals surface area contributed by atoms with Crippen molar-refractivity contribution in [2.24, 2.45) is 0 Å². The van der Waals surface area contributed by atoms with Crippen LogP contribution < -0.4 is 4.74 Å². The van der Waals surface area contributed by atoms with Crippen molar-refractivity contribution in [3.63, 3.8) is 0 Å². The standard InChI is InChI=1S/C10H13NO2/c12-3-4-13-10-5-9(6-11-7-10)8-1-2-8/h5-8,12H,1-4H2. The minimum absolute atomic E-state index is 0.0493. The zero-order valence-corrected chi connectivity index (χ0v) is 7.44. The first kappa shape index (κ1) is 8.51. The zero-order chi connectivity index (χ0) is 9.10.